The van der Waals surface area contributed by atoms with Crippen molar-refractivity contribution in [3.8, 4) is 0 Å². The van der Waals surface area contributed by atoms with Crippen molar-refractivity contribution in [3.63, 3.8) is 0 Å². The summed E-state index contributed by atoms with van der Waals surface area (Å²) in [5.74, 6) is 1.63. The minimum absolute atomic E-state index is 0.128. The molecule has 1 amide bonds. The SMILES string of the molecule is CCN1c2ccc(C(=O)NC3CC3)cc2[C@]23C4CC42CCCC[C@H]3C1c1ccccc1. The number of nitrogens with one attached hydrogen (secondary N) is 1. The van der Waals surface area contributed by atoms with Gasteiger partial charge in [0, 0.05) is 29.3 Å². The molecule has 3 heteroatoms. The Morgan fingerprint density at radius 1 is 1.10 bits per heavy atom. The minimum atomic E-state index is 0.128. The molecule has 2 spiro atoms. The zero-order chi connectivity index (χ0) is 20.8. The molecule has 1 N–H and O–H groups in total. The van der Waals surface area contributed by atoms with Crippen LogP contribution in [0.3, 0.4) is 0 Å². The second-order valence-corrected chi connectivity index (χ2v) is 10.8. The Hall–Kier alpha value is -2.29. The Kier molecular flexibility index (Phi) is 3.63. The minimum Gasteiger partial charge on any atom is -0.364 e. The van der Waals surface area contributed by atoms with E-state index in [1.165, 1.54) is 48.9 Å². The molecule has 31 heavy (non-hydrogen) atoms. The molecule has 3 nitrogen and oxygen atoms in total. The molecular weight excluding hydrogens is 380 g/mol. The first-order chi connectivity index (χ1) is 15.2. The van der Waals surface area contributed by atoms with Crippen LogP contribution >= 0.6 is 0 Å². The highest BCUT2D eigenvalue weighted by Gasteiger charge is 2.91. The zero-order valence-electron chi connectivity index (χ0n) is 18.4. The monoisotopic (exact) mass is 412 g/mol. The summed E-state index contributed by atoms with van der Waals surface area (Å²) in [4.78, 5) is 15.6. The summed E-state index contributed by atoms with van der Waals surface area (Å²) in [5.41, 5.74) is 6.08. The Labute approximate surface area is 185 Å². The van der Waals surface area contributed by atoms with Gasteiger partial charge in [0.05, 0.1) is 6.04 Å². The smallest absolute Gasteiger partial charge is 0.251 e. The van der Waals surface area contributed by atoms with Crippen LogP contribution in [0.25, 0.3) is 0 Å². The van der Waals surface area contributed by atoms with E-state index in [0.29, 0.717) is 28.8 Å². The van der Waals surface area contributed by atoms with E-state index in [4.69, 9.17) is 0 Å². The van der Waals surface area contributed by atoms with Crippen LogP contribution in [0.1, 0.15) is 79.4 Å². The number of hydrogen-bond donors (Lipinski definition) is 1. The van der Waals surface area contributed by atoms with E-state index in [-0.39, 0.29) is 5.91 Å². The van der Waals surface area contributed by atoms with Gasteiger partial charge >= 0.3 is 0 Å². The van der Waals surface area contributed by atoms with Gasteiger partial charge in [-0.3, -0.25) is 4.79 Å². The largest absolute Gasteiger partial charge is 0.364 e. The molecule has 0 bridgehead atoms. The third-order valence-corrected chi connectivity index (χ3v) is 9.46. The third kappa shape index (κ3) is 2.28. The molecule has 4 aliphatic carbocycles. The molecule has 5 aliphatic rings. The summed E-state index contributed by atoms with van der Waals surface area (Å²) in [7, 11) is 0. The van der Waals surface area contributed by atoms with Crippen molar-refractivity contribution < 1.29 is 4.79 Å². The van der Waals surface area contributed by atoms with Crippen LogP contribution in [0.15, 0.2) is 48.5 Å². The molecule has 4 saturated carbocycles. The van der Waals surface area contributed by atoms with Gasteiger partial charge in [0.2, 0.25) is 0 Å². The van der Waals surface area contributed by atoms with Gasteiger partial charge in [-0.2, -0.15) is 0 Å². The van der Waals surface area contributed by atoms with E-state index in [2.05, 4.69) is 65.7 Å². The van der Waals surface area contributed by atoms with Crippen LogP contribution in [-0.4, -0.2) is 18.5 Å². The molecule has 2 aromatic carbocycles. The number of nitrogens with zero attached hydrogens (tertiary/aromatic N) is 1. The fourth-order valence-electron chi connectivity index (χ4n) is 7.97. The van der Waals surface area contributed by atoms with Gasteiger partial charge in [0.15, 0.2) is 0 Å². The first-order valence-corrected chi connectivity index (χ1v) is 12.5. The Balaban J connectivity index is 1.40. The van der Waals surface area contributed by atoms with E-state index in [1.807, 2.05) is 0 Å². The predicted molar refractivity (Wildman–Crippen MR) is 123 cm³/mol. The van der Waals surface area contributed by atoms with Crippen LogP contribution in [0, 0.1) is 17.3 Å². The van der Waals surface area contributed by atoms with E-state index in [1.54, 1.807) is 0 Å². The van der Waals surface area contributed by atoms with Gasteiger partial charge in [-0.25, -0.2) is 0 Å². The number of hydrogen-bond acceptors (Lipinski definition) is 2. The van der Waals surface area contributed by atoms with Crippen LogP contribution in [0.4, 0.5) is 5.69 Å². The highest BCUT2D eigenvalue weighted by molar-refractivity contribution is 5.95. The first kappa shape index (κ1) is 18.3. The standard InChI is InChI=1S/C28H32N2O/c1-2-30-23-14-11-19(26(31)29-20-12-13-20)16-22(23)28-21(25(30)18-8-4-3-5-9-18)10-6-7-15-27(28)17-24(27)28/h3-5,8-9,11,14,16,20-21,24-25H,2,6-7,10,12-13,15,17H2,1H3,(H,29,31)/t21-,24?,25?,27?,28+/m0/s1. The maximum atomic E-state index is 12.9. The number of amides is 1. The van der Waals surface area contributed by atoms with E-state index >= 15 is 0 Å². The van der Waals surface area contributed by atoms with Gasteiger partial charge in [0.25, 0.3) is 5.91 Å². The topological polar surface area (TPSA) is 32.3 Å². The van der Waals surface area contributed by atoms with E-state index in [9.17, 15) is 4.79 Å². The summed E-state index contributed by atoms with van der Waals surface area (Å²) >= 11 is 0. The average Bonchev–Trinajstić information content (AvgIpc) is 3.70. The lowest BCUT2D eigenvalue weighted by Gasteiger charge is -2.51. The number of fused-ring (bicyclic) bond motifs is 1. The van der Waals surface area contributed by atoms with Crippen LogP contribution in [0.2, 0.25) is 0 Å². The molecule has 1 aliphatic heterocycles. The maximum absolute atomic E-state index is 12.9. The molecule has 1 heterocycles. The lowest BCUT2D eigenvalue weighted by Crippen LogP contribution is -2.48. The number of carbonyl (C=O) groups is 1. The van der Waals surface area contributed by atoms with Crippen molar-refractivity contribution >= 4 is 11.6 Å². The van der Waals surface area contributed by atoms with Crippen molar-refractivity contribution in [3.05, 3.63) is 65.2 Å². The Morgan fingerprint density at radius 3 is 2.68 bits per heavy atom. The van der Waals surface area contributed by atoms with Gasteiger partial charge in [0.1, 0.15) is 0 Å². The van der Waals surface area contributed by atoms with Gasteiger partial charge in [-0.1, -0.05) is 43.2 Å². The van der Waals surface area contributed by atoms with Gasteiger partial charge in [-0.05, 0) is 85.6 Å². The summed E-state index contributed by atoms with van der Waals surface area (Å²) in [5, 5.41) is 3.22. The fourth-order valence-corrected chi connectivity index (χ4v) is 7.97. The lowest BCUT2D eigenvalue weighted by atomic mass is 9.63. The Morgan fingerprint density at radius 2 is 1.94 bits per heavy atom. The molecule has 4 fully saturated rings. The zero-order valence-corrected chi connectivity index (χ0v) is 18.4. The summed E-state index contributed by atoms with van der Waals surface area (Å²) in [6, 6.07) is 18.8. The molecule has 0 aromatic heterocycles. The molecule has 7 rings (SSSR count). The summed E-state index contributed by atoms with van der Waals surface area (Å²) < 4.78 is 0. The normalized spacial score (nSPS) is 36.9. The van der Waals surface area contributed by atoms with Crippen molar-refractivity contribution in [2.45, 2.75) is 69.4 Å². The van der Waals surface area contributed by atoms with Crippen molar-refractivity contribution in [1.82, 2.24) is 5.32 Å². The molecule has 160 valence electrons. The second kappa shape index (κ2) is 6.15. The molecule has 0 radical (unpaired) electrons. The predicted octanol–water partition coefficient (Wildman–Crippen LogP) is 5.61. The second-order valence-electron chi connectivity index (χ2n) is 10.8. The van der Waals surface area contributed by atoms with Gasteiger partial charge < -0.3 is 10.2 Å². The quantitative estimate of drug-likeness (QED) is 0.708. The molecule has 3 unspecified atom stereocenters. The van der Waals surface area contributed by atoms with Crippen LogP contribution in [-0.2, 0) is 5.41 Å². The van der Waals surface area contributed by atoms with Crippen molar-refractivity contribution in [2.75, 3.05) is 11.4 Å². The number of benzene rings is 2. The highest BCUT2D eigenvalue weighted by atomic mass is 16.1. The summed E-state index contributed by atoms with van der Waals surface area (Å²) in [6.07, 6.45) is 9.10. The maximum Gasteiger partial charge on any atom is 0.251 e. The number of anilines is 1. The summed E-state index contributed by atoms with van der Waals surface area (Å²) in [6.45, 7) is 3.30. The van der Waals surface area contributed by atoms with E-state index in [0.717, 1.165) is 30.9 Å². The first-order valence-electron chi connectivity index (χ1n) is 12.5. The van der Waals surface area contributed by atoms with Crippen LogP contribution < -0.4 is 10.2 Å². The molecular formula is C28H32N2O. The van der Waals surface area contributed by atoms with Crippen molar-refractivity contribution in [2.24, 2.45) is 17.3 Å². The van der Waals surface area contributed by atoms with Crippen LogP contribution in [0.5, 0.6) is 0 Å². The average molecular weight is 413 g/mol. The molecule has 0 saturated heterocycles. The third-order valence-electron chi connectivity index (χ3n) is 9.46. The van der Waals surface area contributed by atoms with E-state index < -0.39 is 0 Å². The molecule has 2 aromatic rings. The van der Waals surface area contributed by atoms with Gasteiger partial charge in [-0.15, -0.1) is 0 Å². The fraction of sp³-hybridized carbons (Fsp3) is 0.536. The highest BCUT2D eigenvalue weighted by Crippen LogP contribution is 2.94. The number of rotatable bonds is 4. The Bertz CT molecular complexity index is 1060. The number of carbonyl (C=O) groups excluding carboxylic acids is 1. The lowest BCUT2D eigenvalue weighted by molar-refractivity contribution is 0.0950. The van der Waals surface area contributed by atoms with Crippen molar-refractivity contribution in [1.29, 1.82) is 0 Å². The molecule has 5 atom stereocenters.